The summed E-state index contributed by atoms with van der Waals surface area (Å²) in [6.45, 7) is -0.613. The van der Waals surface area contributed by atoms with Crippen LogP contribution in [0.5, 0.6) is 0 Å². The Morgan fingerprint density at radius 1 is 1.47 bits per heavy atom. The van der Waals surface area contributed by atoms with E-state index in [1.807, 2.05) is 0 Å². The van der Waals surface area contributed by atoms with Gasteiger partial charge in [-0.3, -0.25) is 0 Å². The Kier molecular flexibility index (Phi) is 3.48. The van der Waals surface area contributed by atoms with E-state index in [9.17, 15) is 9.18 Å². The lowest BCUT2D eigenvalue weighted by molar-refractivity contribution is -0.138. The standard InChI is InChI=1S/C12H12FN3O3/c13-6-3-8-7(9(14)4-6)1-2-15-11(8)16-10(5-17)12(18)19/h1-4,10,17H,5,14H2,(H,15,16)(H,18,19). The van der Waals surface area contributed by atoms with Crippen molar-refractivity contribution in [1.82, 2.24) is 4.98 Å². The zero-order valence-corrected chi connectivity index (χ0v) is 9.80. The molecule has 0 saturated carbocycles. The van der Waals surface area contributed by atoms with Gasteiger partial charge in [0.1, 0.15) is 17.7 Å². The molecule has 1 aromatic heterocycles. The maximum Gasteiger partial charge on any atom is 0.328 e. The molecule has 5 N–H and O–H groups in total. The summed E-state index contributed by atoms with van der Waals surface area (Å²) in [6.07, 6.45) is 1.43. The second-order valence-electron chi connectivity index (χ2n) is 3.97. The molecule has 0 aliphatic rings. The van der Waals surface area contributed by atoms with Crippen LogP contribution in [0.4, 0.5) is 15.9 Å². The third-order valence-corrected chi connectivity index (χ3v) is 2.67. The van der Waals surface area contributed by atoms with E-state index < -0.39 is 24.4 Å². The molecular formula is C12H12FN3O3. The van der Waals surface area contributed by atoms with Gasteiger partial charge in [0.05, 0.1) is 6.61 Å². The first-order valence-electron chi connectivity index (χ1n) is 5.47. The van der Waals surface area contributed by atoms with Crippen LogP contribution in [-0.4, -0.2) is 33.8 Å². The van der Waals surface area contributed by atoms with Gasteiger partial charge in [0, 0.05) is 22.7 Å². The van der Waals surface area contributed by atoms with Crippen LogP contribution >= 0.6 is 0 Å². The fraction of sp³-hybridized carbons (Fsp3) is 0.167. The predicted molar refractivity (Wildman–Crippen MR) is 68.2 cm³/mol. The molecule has 1 heterocycles. The summed E-state index contributed by atoms with van der Waals surface area (Å²) in [7, 11) is 0. The number of carbonyl (C=O) groups is 1. The monoisotopic (exact) mass is 265 g/mol. The van der Waals surface area contributed by atoms with Gasteiger partial charge in [-0.05, 0) is 18.2 Å². The van der Waals surface area contributed by atoms with Crippen LogP contribution in [0.2, 0.25) is 0 Å². The first-order valence-corrected chi connectivity index (χ1v) is 5.47. The number of nitrogens with one attached hydrogen (secondary N) is 1. The molecule has 1 unspecified atom stereocenters. The van der Waals surface area contributed by atoms with Gasteiger partial charge >= 0.3 is 5.97 Å². The molecule has 0 aliphatic carbocycles. The molecule has 1 aromatic carbocycles. The van der Waals surface area contributed by atoms with Crippen molar-refractivity contribution in [3.63, 3.8) is 0 Å². The van der Waals surface area contributed by atoms with E-state index in [4.69, 9.17) is 15.9 Å². The van der Waals surface area contributed by atoms with Crippen molar-refractivity contribution in [2.75, 3.05) is 17.7 Å². The number of carboxylic acids is 1. The third-order valence-electron chi connectivity index (χ3n) is 2.67. The molecule has 2 rings (SSSR count). The number of aliphatic carboxylic acids is 1. The number of anilines is 2. The summed E-state index contributed by atoms with van der Waals surface area (Å²) in [4.78, 5) is 14.8. The third kappa shape index (κ3) is 2.55. The summed E-state index contributed by atoms with van der Waals surface area (Å²) >= 11 is 0. The van der Waals surface area contributed by atoms with E-state index >= 15 is 0 Å². The van der Waals surface area contributed by atoms with E-state index in [1.165, 1.54) is 18.3 Å². The number of aliphatic hydroxyl groups is 1. The zero-order valence-electron chi connectivity index (χ0n) is 9.80. The van der Waals surface area contributed by atoms with E-state index in [-0.39, 0.29) is 11.5 Å². The van der Waals surface area contributed by atoms with Crippen LogP contribution in [0.1, 0.15) is 0 Å². The number of nitrogen functional groups attached to an aromatic ring is 1. The number of pyridine rings is 1. The Morgan fingerprint density at radius 2 is 2.21 bits per heavy atom. The molecule has 0 saturated heterocycles. The Morgan fingerprint density at radius 3 is 2.84 bits per heavy atom. The van der Waals surface area contributed by atoms with Crippen molar-refractivity contribution in [2.24, 2.45) is 0 Å². The van der Waals surface area contributed by atoms with Crippen molar-refractivity contribution < 1.29 is 19.4 Å². The van der Waals surface area contributed by atoms with Gasteiger partial charge in [-0.2, -0.15) is 0 Å². The quantitative estimate of drug-likeness (QED) is 0.609. The number of rotatable bonds is 4. The Bertz CT molecular complexity index is 633. The van der Waals surface area contributed by atoms with Crippen LogP contribution in [0.3, 0.4) is 0 Å². The number of carboxylic acid groups (broad SMARTS) is 1. The van der Waals surface area contributed by atoms with Gasteiger partial charge in [-0.25, -0.2) is 14.2 Å². The van der Waals surface area contributed by atoms with Gasteiger partial charge in [0.15, 0.2) is 0 Å². The largest absolute Gasteiger partial charge is 0.480 e. The van der Waals surface area contributed by atoms with Gasteiger partial charge < -0.3 is 21.3 Å². The minimum atomic E-state index is -1.23. The Hall–Kier alpha value is -2.41. The first-order chi connectivity index (χ1) is 9.02. The molecule has 0 amide bonds. The van der Waals surface area contributed by atoms with E-state index in [0.29, 0.717) is 10.8 Å². The second-order valence-corrected chi connectivity index (χ2v) is 3.97. The van der Waals surface area contributed by atoms with Crippen LogP contribution < -0.4 is 11.1 Å². The molecule has 19 heavy (non-hydrogen) atoms. The van der Waals surface area contributed by atoms with Gasteiger partial charge in [-0.15, -0.1) is 0 Å². The highest BCUT2D eigenvalue weighted by Crippen LogP contribution is 2.27. The summed E-state index contributed by atoms with van der Waals surface area (Å²) in [5.74, 6) is -1.62. The molecule has 0 fully saturated rings. The van der Waals surface area contributed by atoms with Crippen LogP contribution in [-0.2, 0) is 4.79 Å². The molecule has 0 radical (unpaired) electrons. The van der Waals surface area contributed by atoms with Crippen molar-refractivity contribution in [1.29, 1.82) is 0 Å². The van der Waals surface area contributed by atoms with E-state index in [2.05, 4.69) is 10.3 Å². The summed E-state index contributed by atoms with van der Waals surface area (Å²) in [6, 6.07) is 2.76. The lowest BCUT2D eigenvalue weighted by Gasteiger charge is -2.14. The molecule has 2 aromatic rings. The van der Waals surface area contributed by atoms with Crippen molar-refractivity contribution in [3.8, 4) is 0 Å². The first kappa shape index (κ1) is 13.0. The maximum atomic E-state index is 13.4. The molecular weight excluding hydrogens is 253 g/mol. The van der Waals surface area contributed by atoms with Crippen LogP contribution in [0.15, 0.2) is 24.4 Å². The SMILES string of the molecule is Nc1cc(F)cc2c(NC(CO)C(=O)O)nccc12. The topological polar surface area (TPSA) is 108 Å². The number of nitrogens with two attached hydrogens (primary N) is 1. The smallest absolute Gasteiger partial charge is 0.328 e. The van der Waals surface area contributed by atoms with Crippen molar-refractivity contribution in [2.45, 2.75) is 6.04 Å². The van der Waals surface area contributed by atoms with Crippen molar-refractivity contribution >= 4 is 28.2 Å². The second kappa shape index (κ2) is 5.07. The number of benzene rings is 1. The fourth-order valence-electron chi connectivity index (χ4n) is 1.74. The minimum Gasteiger partial charge on any atom is -0.480 e. The average molecular weight is 265 g/mol. The molecule has 0 aliphatic heterocycles. The summed E-state index contributed by atoms with van der Waals surface area (Å²) in [5, 5.41) is 21.3. The number of aliphatic hydroxyl groups excluding tert-OH is 1. The van der Waals surface area contributed by atoms with Gasteiger partial charge in [0.25, 0.3) is 0 Å². The lowest BCUT2D eigenvalue weighted by Crippen LogP contribution is -2.33. The van der Waals surface area contributed by atoms with Crippen LogP contribution in [0, 0.1) is 5.82 Å². The lowest BCUT2D eigenvalue weighted by atomic mass is 10.1. The fourth-order valence-corrected chi connectivity index (χ4v) is 1.74. The molecule has 100 valence electrons. The number of aromatic nitrogens is 1. The highest BCUT2D eigenvalue weighted by Gasteiger charge is 2.18. The molecule has 0 bridgehead atoms. The number of hydrogen-bond donors (Lipinski definition) is 4. The van der Waals surface area contributed by atoms with Gasteiger partial charge in [0.2, 0.25) is 0 Å². The molecule has 0 spiro atoms. The molecule has 1 atom stereocenters. The minimum absolute atomic E-state index is 0.158. The average Bonchev–Trinajstić information content (AvgIpc) is 2.35. The maximum absolute atomic E-state index is 13.4. The summed E-state index contributed by atoms with van der Waals surface area (Å²) < 4.78 is 13.4. The molecule has 6 nitrogen and oxygen atoms in total. The van der Waals surface area contributed by atoms with E-state index in [1.54, 1.807) is 6.07 Å². The van der Waals surface area contributed by atoms with Crippen LogP contribution in [0.25, 0.3) is 10.8 Å². The summed E-state index contributed by atoms with van der Waals surface area (Å²) in [5.41, 5.74) is 5.92. The van der Waals surface area contributed by atoms with Gasteiger partial charge in [-0.1, -0.05) is 0 Å². The zero-order chi connectivity index (χ0) is 14.0. The number of halogens is 1. The van der Waals surface area contributed by atoms with E-state index in [0.717, 1.165) is 0 Å². The van der Waals surface area contributed by atoms with Crippen molar-refractivity contribution in [3.05, 3.63) is 30.2 Å². The number of nitrogens with zero attached hydrogens (tertiary/aromatic N) is 1. The highest BCUT2D eigenvalue weighted by molar-refractivity contribution is 5.99. The highest BCUT2D eigenvalue weighted by atomic mass is 19.1. The Labute approximate surface area is 107 Å². The Balaban J connectivity index is 2.52. The number of hydrogen-bond acceptors (Lipinski definition) is 5. The predicted octanol–water partition coefficient (Wildman–Crippen LogP) is 0.813. The molecule has 7 heteroatoms. The normalized spacial score (nSPS) is 12.3. The number of fused-ring (bicyclic) bond motifs is 1.